The van der Waals surface area contributed by atoms with Crippen molar-refractivity contribution in [3.05, 3.63) is 284 Å². The number of likely N-dealkylation sites (tertiary alicyclic amines) is 3. The van der Waals surface area contributed by atoms with E-state index in [4.69, 9.17) is 34.8 Å². The largest absolute Gasteiger partial charge is 0.352 e. The monoisotopic (exact) mass is 1390 g/mol. The minimum absolute atomic E-state index is 0.0285. The van der Waals surface area contributed by atoms with Gasteiger partial charge < -0.3 is 38.6 Å². The average molecular weight is 1390 g/mol. The summed E-state index contributed by atoms with van der Waals surface area (Å²) in [6.07, 6.45) is 7.63. The first-order chi connectivity index (χ1) is 48.8. The molecule has 4 aliphatic heterocycles. The maximum absolute atomic E-state index is 13.8. The zero-order valence-corrected chi connectivity index (χ0v) is 59.3. The number of nitrogens with zero attached hydrogens (tertiary/aromatic N) is 8. The number of carbonyl (C=O) groups is 4. The highest BCUT2D eigenvalue weighted by Crippen LogP contribution is 2.32. The number of nitrogens with one attached hydrogen (secondary N) is 1. The van der Waals surface area contributed by atoms with Crippen LogP contribution in [0.15, 0.2) is 218 Å². The zero-order valence-electron chi connectivity index (χ0n) is 57.0. The average Bonchev–Trinajstić information content (AvgIpc) is 1.65. The van der Waals surface area contributed by atoms with Gasteiger partial charge in [-0.05, 0) is 165 Å². The number of halogens is 3. The molecule has 4 amide bonds. The van der Waals surface area contributed by atoms with Crippen LogP contribution in [-0.4, -0.2) is 134 Å². The van der Waals surface area contributed by atoms with E-state index in [1.54, 1.807) is 0 Å². The molecule has 4 aliphatic rings. The van der Waals surface area contributed by atoms with Crippen molar-refractivity contribution in [1.82, 2.24) is 43.5 Å². The summed E-state index contributed by atoms with van der Waals surface area (Å²) in [7, 11) is 0. The predicted octanol–water partition coefficient (Wildman–Crippen LogP) is 16.8. The van der Waals surface area contributed by atoms with E-state index in [2.05, 4.69) is 100 Å². The van der Waals surface area contributed by atoms with Gasteiger partial charge in [-0.1, -0.05) is 193 Å². The summed E-state index contributed by atoms with van der Waals surface area (Å²) in [6.45, 7) is 15.2. The topological polar surface area (TPSA) is 111 Å². The molecule has 3 aromatic heterocycles. The third kappa shape index (κ3) is 17.1. The highest BCUT2D eigenvalue weighted by molar-refractivity contribution is 6.31. The number of hydrogen-bond donors (Lipinski definition) is 1. The maximum Gasteiger partial charge on any atom is 0.270 e. The number of amides is 4. The Hall–Kier alpha value is -8.95. The van der Waals surface area contributed by atoms with Crippen molar-refractivity contribution in [1.29, 1.82) is 0 Å². The van der Waals surface area contributed by atoms with Crippen LogP contribution in [0.3, 0.4) is 0 Å². The number of fused-ring (bicyclic) bond motifs is 3. The fraction of sp³-hybridized carbons (Fsp3) is 0.310. The molecule has 1 N–H and O–H groups in total. The van der Waals surface area contributed by atoms with Crippen LogP contribution in [0.2, 0.25) is 15.1 Å². The molecule has 0 radical (unpaired) electrons. The minimum Gasteiger partial charge on any atom is -0.352 e. The van der Waals surface area contributed by atoms with Crippen LogP contribution >= 0.6 is 34.8 Å². The van der Waals surface area contributed by atoms with E-state index in [1.807, 2.05) is 168 Å². The number of piperazine rings is 1. The summed E-state index contributed by atoms with van der Waals surface area (Å²) in [6, 6.07) is 72.7. The minimum atomic E-state index is -0.0706. The number of aromatic nitrogens is 3. The van der Waals surface area contributed by atoms with Crippen LogP contribution in [-0.2, 0) is 37.5 Å². The molecule has 13 nitrogen and oxygen atoms in total. The van der Waals surface area contributed by atoms with Gasteiger partial charge in [0.15, 0.2) is 0 Å². The highest BCUT2D eigenvalue weighted by Gasteiger charge is 2.33. The van der Waals surface area contributed by atoms with Crippen LogP contribution < -0.4 is 5.32 Å². The smallest absolute Gasteiger partial charge is 0.270 e. The third-order valence-electron chi connectivity index (χ3n) is 20.5. The standard InChI is InChI=1S/C30H30ClN3O2.C27H32ClN3O.C27H26ClN3O/c1-21-26-9-5-6-10-27(26)34(20-23-11-13-25(31)14-12-23)28(21)30(36)33-17-15-24(16-18-33)29(35)32-19-22-7-3-2-4-8-22;28-24-10-8-21(9-11-24)20-31-25-7-3-2-6-23(25)18-26(31)27(32)30-16-12-22(13-17-30)19-29-14-4-1-5-15-29;28-24-12-10-22(11-13-24)20-31-25-9-5-4-8-23(25)18-26(31)27(32)30-16-14-29(15-17-30)19-21-6-2-1-3-7-21/h2-14,24H,15-20H2,1H3,(H,32,35);2-3,6-11,18,22H,1,4-5,12-17,19-20H2;1-13,18H,14-17,19-20H2. The number of benzene rings is 8. The zero-order chi connectivity index (χ0) is 68.9. The Morgan fingerprint density at radius 2 is 0.810 bits per heavy atom. The van der Waals surface area contributed by atoms with E-state index in [-0.39, 0.29) is 29.5 Å². The molecular formula is C84H88Cl3N9O4. The Morgan fingerprint density at radius 1 is 0.390 bits per heavy atom. The quantitative estimate of drug-likeness (QED) is 0.103. The van der Waals surface area contributed by atoms with Crippen LogP contribution in [0.5, 0.6) is 0 Å². The van der Waals surface area contributed by atoms with Crippen molar-refractivity contribution in [2.24, 2.45) is 11.8 Å². The van der Waals surface area contributed by atoms with E-state index in [0.717, 1.165) is 152 Å². The fourth-order valence-corrected chi connectivity index (χ4v) is 15.3. The summed E-state index contributed by atoms with van der Waals surface area (Å²) in [4.78, 5) is 64.8. The van der Waals surface area contributed by atoms with Gasteiger partial charge in [-0.15, -0.1) is 0 Å². The molecule has 4 fully saturated rings. The second-order valence-corrected chi connectivity index (χ2v) is 28.5. The van der Waals surface area contributed by atoms with Gasteiger partial charge in [0, 0.05) is 145 Å². The van der Waals surface area contributed by atoms with E-state index in [1.165, 1.54) is 44.5 Å². The lowest BCUT2D eigenvalue weighted by molar-refractivity contribution is -0.126. The Morgan fingerprint density at radius 3 is 1.33 bits per heavy atom. The third-order valence-corrected chi connectivity index (χ3v) is 21.2. The first-order valence-electron chi connectivity index (χ1n) is 35.5. The normalized spacial score (nSPS) is 15.7. The molecule has 0 bridgehead atoms. The number of aryl methyl sites for hydroxylation is 1. The molecule has 0 saturated carbocycles. The Kier molecular flexibility index (Phi) is 23.0. The molecule has 514 valence electrons. The van der Waals surface area contributed by atoms with E-state index < -0.39 is 0 Å². The molecule has 7 heterocycles. The van der Waals surface area contributed by atoms with Crippen molar-refractivity contribution in [3.63, 3.8) is 0 Å². The van der Waals surface area contributed by atoms with Crippen LogP contribution in [0.4, 0.5) is 0 Å². The van der Waals surface area contributed by atoms with Crippen LogP contribution in [0, 0.1) is 18.8 Å². The summed E-state index contributed by atoms with van der Waals surface area (Å²) < 4.78 is 6.42. The molecule has 0 unspecified atom stereocenters. The van der Waals surface area contributed by atoms with Gasteiger partial charge in [-0.25, -0.2) is 0 Å². The van der Waals surface area contributed by atoms with Gasteiger partial charge in [0.2, 0.25) is 5.91 Å². The summed E-state index contributed by atoms with van der Waals surface area (Å²) >= 11 is 18.2. The first-order valence-corrected chi connectivity index (χ1v) is 36.6. The second kappa shape index (κ2) is 33.0. The second-order valence-electron chi connectivity index (χ2n) is 27.2. The van der Waals surface area contributed by atoms with E-state index in [9.17, 15) is 19.2 Å². The molecule has 0 atom stereocenters. The molecule has 4 saturated heterocycles. The van der Waals surface area contributed by atoms with Gasteiger partial charge in [-0.3, -0.25) is 24.1 Å². The van der Waals surface area contributed by atoms with E-state index in [0.29, 0.717) is 57.1 Å². The van der Waals surface area contributed by atoms with Crippen molar-refractivity contribution in [3.8, 4) is 0 Å². The van der Waals surface area contributed by atoms with Gasteiger partial charge in [0.1, 0.15) is 17.1 Å². The number of piperidine rings is 3. The number of carbonyl (C=O) groups excluding carboxylic acids is 4. The van der Waals surface area contributed by atoms with Crippen LogP contribution in [0.25, 0.3) is 32.7 Å². The Labute approximate surface area is 602 Å². The van der Waals surface area contributed by atoms with Gasteiger partial charge in [0.05, 0.1) is 0 Å². The van der Waals surface area contributed by atoms with Crippen molar-refractivity contribution >= 4 is 91.1 Å². The lowest BCUT2D eigenvalue weighted by atomic mass is 9.95. The molecule has 11 aromatic rings. The van der Waals surface area contributed by atoms with Gasteiger partial charge in [0.25, 0.3) is 17.7 Å². The van der Waals surface area contributed by atoms with Crippen molar-refractivity contribution in [2.45, 2.75) is 84.6 Å². The number of hydrogen-bond acceptors (Lipinski definition) is 6. The Bertz CT molecular complexity index is 4560. The van der Waals surface area contributed by atoms with E-state index >= 15 is 0 Å². The summed E-state index contributed by atoms with van der Waals surface area (Å²) in [5, 5.41) is 8.49. The molecule has 100 heavy (non-hydrogen) atoms. The molecule has 8 aromatic carbocycles. The van der Waals surface area contributed by atoms with Gasteiger partial charge in [-0.2, -0.15) is 0 Å². The molecule has 16 heteroatoms. The molecule has 0 spiro atoms. The lowest BCUT2D eigenvalue weighted by Crippen LogP contribution is -2.48. The molecule has 15 rings (SSSR count). The SMILES string of the molecule is Cc1c(C(=O)N2CCC(C(=O)NCc3ccccc3)CC2)n(Cc2ccc(Cl)cc2)c2ccccc12.O=C(c1cc2ccccc2n1Cc1ccc(Cl)cc1)N1CCC(CN2CCCCC2)CC1.O=C(c1cc2ccccc2n1Cc1ccc(Cl)cc1)N1CCN(Cc2ccccc2)CC1. The molecular weight excluding hydrogens is 1310 g/mol. The summed E-state index contributed by atoms with van der Waals surface area (Å²) in [5.74, 6) is 1.01. The maximum atomic E-state index is 13.8. The van der Waals surface area contributed by atoms with Crippen molar-refractivity contribution < 1.29 is 19.2 Å². The summed E-state index contributed by atoms with van der Waals surface area (Å²) in [5.41, 5.74) is 12.2. The highest BCUT2D eigenvalue weighted by atomic mass is 35.5. The van der Waals surface area contributed by atoms with Crippen molar-refractivity contribution in [2.75, 3.05) is 72.0 Å². The lowest BCUT2D eigenvalue weighted by Gasteiger charge is -2.36. The molecule has 0 aliphatic carbocycles. The fourth-order valence-electron chi connectivity index (χ4n) is 14.9. The Balaban J connectivity index is 0.000000135. The number of para-hydroxylation sites is 3. The van der Waals surface area contributed by atoms with Gasteiger partial charge >= 0.3 is 0 Å². The number of rotatable bonds is 16. The first kappa shape index (κ1) is 69.5. The predicted molar refractivity (Wildman–Crippen MR) is 406 cm³/mol. The van der Waals surface area contributed by atoms with Crippen LogP contribution in [0.1, 0.15) is 110 Å².